The molecule has 2 rings (SSSR count). The van der Waals surface area contributed by atoms with Crippen LogP contribution in [0.2, 0.25) is 0 Å². The molecule has 0 spiro atoms. The Hall–Kier alpha value is -1.16. The molecular weight excluding hydrogens is 326 g/mol. The van der Waals surface area contributed by atoms with E-state index in [2.05, 4.69) is 52.0 Å². The van der Waals surface area contributed by atoms with Gasteiger partial charge >= 0.3 is 0 Å². The van der Waals surface area contributed by atoms with E-state index in [-0.39, 0.29) is 0 Å². The van der Waals surface area contributed by atoms with Crippen molar-refractivity contribution in [2.75, 3.05) is 13.1 Å². The fourth-order valence-corrected chi connectivity index (χ4v) is 2.79. The van der Waals surface area contributed by atoms with Crippen molar-refractivity contribution in [1.82, 2.24) is 4.90 Å². The van der Waals surface area contributed by atoms with Crippen molar-refractivity contribution in [3.05, 3.63) is 70.2 Å². The Morgan fingerprint density at radius 1 is 1.10 bits per heavy atom. The molecular formula is C18H22BrNO. The monoisotopic (exact) mass is 347 g/mol. The zero-order valence-corrected chi connectivity index (χ0v) is 14.0. The zero-order valence-electron chi connectivity index (χ0n) is 12.4. The highest BCUT2D eigenvalue weighted by molar-refractivity contribution is 9.10. The molecule has 1 N–H and O–H groups in total. The van der Waals surface area contributed by atoms with E-state index in [4.69, 9.17) is 0 Å². The summed E-state index contributed by atoms with van der Waals surface area (Å²) >= 11 is 3.45. The molecule has 0 heterocycles. The fraction of sp³-hybridized carbons (Fsp3) is 0.333. The molecule has 0 aliphatic rings. The molecule has 1 unspecified atom stereocenters. The van der Waals surface area contributed by atoms with Crippen LogP contribution in [0, 0.1) is 0 Å². The standard InChI is InChI=1S/C18H22BrNO/c1-2-20(14-15-7-4-3-5-8-15)12-11-18(21)16-9-6-10-17(19)13-16/h3-10,13,18,21H,2,11-12,14H2,1H3. The van der Waals surface area contributed by atoms with Crippen molar-refractivity contribution < 1.29 is 5.11 Å². The Bertz CT molecular complexity index is 544. The summed E-state index contributed by atoms with van der Waals surface area (Å²) in [6, 6.07) is 18.4. The predicted octanol–water partition coefficient (Wildman–Crippen LogP) is 4.39. The number of hydrogen-bond donors (Lipinski definition) is 1. The molecule has 0 saturated heterocycles. The summed E-state index contributed by atoms with van der Waals surface area (Å²) in [5.74, 6) is 0. The molecule has 2 nitrogen and oxygen atoms in total. The molecule has 0 bridgehead atoms. The lowest BCUT2D eigenvalue weighted by Crippen LogP contribution is -2.25. The molecule has 2 aromatic carbocycles. The Morgan fingerprint density at radius 2 is 1.86 bits per heavy atom. The van der Waals surface area contributed by atoms with Crippen molar-refractivity contribution in [2.24, 2.45) is 0 Å². The molecule has 0 fully saturated rings. The largest absolute Gasteiger partial charge is 0.388 e. The van der Waals surface area contributed by atoms with Gasteiger partial charge in [-0.1, -0.05) is 65.3 Å². The second-order valence-corrected chi connectivity index (χ2v) is 6.13. The summed E-state index contributed by atoms with van der Waals surface area (Å²) in [4.78, 5) is 2.36. The second kappa shape index (κ2) is 8.32. The van der Waals surface area contributed by atoms with Gasteiger partial charge in [0.1, 0.15) is 0 Å². The van der Waals surface area contributed by atoms with E-state index < -0.39 is 6.10 Å². The molecule has 1 atom stereocenters. The Labute approximate surface area is 135 Å². The summed E-state index contributed by atoms with van der Waals surface area (Å²) in [6.07, 6.45) is 0.337. The van der Waals surface area contributed by atoms with Crippen LogP contribution < -0.4 is 0 Å². The van der Waals surface area contributed by atoms with Crippen LogP contribution in [0.3, 0.4) is 0 Å². The van der Waals surface area contributed by atoms with E-state index in [0.717, 1.165) is 36.1 Å². The van der Waals surface area contributed by atoms with E-state index in [1.54, 1.807) is 0 Å². The number of benzene rings is 2. The van der Waals surface area contributed by atoms with Gasteiger partial charge in [-0.25, -0.2) is 0 Å². The van der Waals surface area contributed by atoms with E-state index >= 15 is 0 Å². The van der Waals surface area contributed by atoms with Gasteiger partial charge in [0.2, 0.25) is 0 Å². The SMILES string of the molecule is CCN(CCC(O)c1cccc(Br)c1)Cc1ccccc1. The number of aliphatic hydroxyl groups is 1. The molecule has 0 amide bonds. The second-order valence-electron chi connectivity index (χ2n) is 5.21. The van der Waals surface area contributed by atoms with Crippen molar-refractivity contribution in [1.29, 1.82) is 0 Å². The zero-order chi connectivity index (χ0) is 15.1. The number of rotatable bonds is 7. The maximum Gasteiger partial charge on any atom is 0.0802 e. The number of nitrogens with zero attached hydrogens (tertiary/aromatic N) is 1. The van der Waals surface area contributed by atoms with Crippen LogP contribution in [-0.2, 0) is 6.54 Å². The molecule has 21 heavy (non-hydrogen) atoms. The Balaban J connectivity index is 1.88. The third-order valence-corrected chi connectivity index (χ3v) is 4.14. The van der Waals surface area contributed by atoms with Crippen LogP contribution in [0.4, 0.5) is 0 Å². The summed E-state index contributed by atoms with van der Waals surface area (Å²) in [5, 5.41) is 10.3. The van der Waals surface area contributed by atoms with Crippen LogP contribution in [0.5, 0.6) is 0 Å². The summed E-state index contributed by atoms with van der Waals surface area (Å²) < 4.78 is 1.01. The fourth-order valence-electron chi connectivity index (χ4n) is 2.38. The lowest BCUT2D eigenvalue weighted by Gasteiger charge is -2.22. The first kappa shape index (κ1) is 16.2. The van der Waals surface area contributed by atoms with Crippen LogP contribution in [0.15, 0.2) is 59.1 Å². The predicted molar refractivity (Wildman–Crippen MR) is 91.1 cm³/mol. The van der Waals surface area contributed by atoms with Crippen LogP contribution >= 0.6 is 15.9 Å². The first-order valence-corrected chi connectivity index (χ1v) is 8.18. The molecule has 3 heteroatoms. The van der Waals surface area contributed by atoms with Gasteiger partial charge in [-0.2, -0.15) is 0 Å². The average molecular weight is 348 g/mol. The minimum atomic E-state index is -0.410. The molecule has 2 aromatic rings. The third kappa shape index (κ3) is 5.27. The van der Waals surface area contributed by atoms with Crippen molar-refractivity contribution in [2.45, 2.75) is 26.0 Å². The first-order chi connectivity index (χ1) is 10.2. The van der Waals surface area contributed by atoms with Gasteiger partial charge in [0, 0.05) is 17.6 Å². The minimum Gasteiger partial charge on any atom is -0.388 e. The van der Waals surface area contributed by atoms with Crippen molar-refractivity contribution >= 4 is 15.9 Å². The van der Waals surface area contributed by atoms with Gasteiger partial charge in [-0.3, -0.25) is 4.90 Å². The minimum absolute atomic E-state index is 0.410. The van der Waals surface area contributed by atoms with E-state index in [0.29, 0.717) is 0 Å². The first-order valence-electron chi connectivity index (χ1n) is 7.39. The Morgan fingerprint density at radius 3 is 2.52 bits per heavy atom. The highest BCUT2D eigenvalue weighted by Gasteiger charge is 2.11. The number of halogens is 1. The maximum absolute atomic E-state index is 10.3. The van der Waals surface area contributed by atoms with Gasteiger partial charge in [-0.05, 0) is 36.2 Å². The summed E-state index contributed by atoms with van der Waals surface area (Å²) in [7, 11) is 0. The van der Waals surface area contributed by atoms with Crippen LogP contribution in [0.25, 0.3) is 0 Å². The van der Waals surface area contributed by atoms with Crippen molar-refractivity contribution in [3.63, 3.8) is 0 Å². The van der Waals surface area contributed by atoms with E-state index in [1.807, 2.05) is 30.3 Å². The lowest BCUT2D eigenvalue weighted by atomic mass is 10.1. The van der Waals surface area contributed by atoms with Gasteiger partial charge in [0.15, 0.2) is 0 Å². The van der Waals surface area contributed by atoms with Gasteiger partial charge in [-0.15, -0.1) is 0 Å². The maximum atomic E-state index is 10.3. The molecule has 0 aliphatic carbocycles. The topological polar surface area (TPSA) is 23.5 Å². The van der Waals surface area contributed by atoms with Crippen LogP contribution in [0.1, 0.15) is 30.6 Å². The quantitative estimate of drug-likeness (QED) is 0.802. The molecule has 0 saturated carbocycles. The molecule has 112 valence electrons. The molecule has 0 aliphatic heterocycles. The third-order valence-electron chi connectivity index (χ3n) is 3.65. The Kier molecular flexibility index (Phi) is 6.43. The summed E-state index contributed by atoms with van der Waals surface area (Å²) in [5.41, 5.74) is 2.29. The van der Waals surface area contributed by atoms with E-state index in [1.165, 1.54) is 5.56 Å². The molecule has 0 aromatic heterocycles. The highest BCUT2D eigenvalue weighted by Crippen LogP contribution is 2.21. The normalized spacial score (nSPS) is 12.6. The van der Waals surface area contributed by atoms with Gasteiger partial charge < -0.3 is 5.11 Å². The highest BCUT2D eigenvalue weighted by atomic mass is 79.9. The average Bonchev–Trinajstić information content (AvgIpc) is 2.52. The van der Waals surface area contributed by atoms with E-state index in [9.17, 15) is 5.11 Å². The lowest BCUT2D eigenvalue weighted by molar-refractivity contribution is 0.141. The smallest absolute Gasteiger partial charge is 0.0802 e. The van der Waals surface area contributed by atoms with Crippen molar-refractivity contribution in [3.8, 4) is 0 Å². The molecule has 0 radical (unpaired) electrons. The summed E-state index contributed by atoms with van der Waals surface area (Å²) in [6.45, 7) is 4.97. The number of aliphatic hydroxyl groups excluding tert-OH is 1. The van der Waals surface area contributed by atoms with Crippen LogP contribution in [-0.4, -0.2) is 23.1 Å². The van der Waals surface area contributed by atoms with Gasteiger partial charge in [0.05, 0.1) is 6.10 Å². The van der Waals surface area contributed by atoms with Gasteiger partial charge in [0.25, 0.3) is 0 Å². The number of hydrogen-bond acceptors (Lipinski definition) is 2.